The zero-order chi connectivity index (χ0) is 14.0. The van der Waals surface area contributed by atoms with E-state index in [1.165, 1.54) is 6.07 Å². The molecule has 0 aromatic heterocycles. The van der Waals surface area contributed by atoms with Gasteiger partial charge in [-0.3, -0.25) is 4.90 Å². The topological polar surface area (TPSA) is 32.5 Å². The molecule has 2 rings (SSSR count). The van der Waals surface area contributed by atoms with Crippen LogP contribution in [0.3, 0.4) is 0 Å². The van der Waals surface area contributed by atoms with Gasteiger partial charge in [0.1, 0.15) is 10.8 Å². The van der Waals surface area contributed by atoms with Crippen LogP contribution in [0.1, 0.15) is 18.1 Å². The second kappa shape index (κ2) is 5.94. The second-order valence-corrected chi connectivity index (χ2v) is 5.68. The Morgan fingerprint density at radius 2 is 2.21 bits per heavy atom. The van der Waals surface area contributed by atoms with E-state index in [2.05, 4.69) is 23.8 Å². The molecule has 0 radical (unpaired) electrons. The highest BCUT2D eigenvalue weighted by Gasteiger charge is 2.21. The summed E-state index contributed by atoms with van der Waals surface area (Å²) in [6.07, 6.45) is 0. The van der Waals surface area contributed by atoms with Crippen LogP contribution in [0, 0.1) is 5.82 Å². The van der Waals surface area contributed by atoms with Crippen LogP contribution < -0.4 is 5.73 Å². The summed E-state index contributed by atoms with van der Waals surface area (Å²) in [5.74, 6) is -0.188. The normalized spacial score (nSPS) is 21.5. The molecule has 1 aliphatic rings. The van der Waals surface area contributed by atoms with E-state index in [0.717, 1.165) is 25.2 Å². The predicted octanol–water partition coefficient (Wildman–Crippen LogP) is 1.60. The molecular formula is C14H20FN3S. The van der Waals surface area contributed by atoms with Crippen LogP contribution >= 0.6 is 12.2 Å². The minimum atomic E-state index is -0.188. The Labute approximate surface area is 119 Å². The molecule has 0 saturated carbocycles. The highest BCUT2D eigenvalue weighted by molar-refractivity contribution is 7.80. The van der Waals surface area contributed by atoms with Gasteiger partial charge >= 0.3 is 0 Å². The Morgan fingerprint density at radius 1 is 1.47 bits per heavy atom. The molecule has 5 heteroatoms. The highest BCUT2D eigenvalue weighted by Crippen LogP contribution is 2.16. The molecule has 1 unspecified atom stereocenters. The number of hydrogen-bond acceptors (Lipinski definition) is 3. The van der Waals surface area contributed by atoms with E-state index < -0.39 is 0 Å². The summed E-state index contributed by atoms with van der Waals surface area (Å²) in [6, 6.07) is 5.34. The van der Waals surface area contributed by atoms with Crippen LogP contribution in [0.2, 0.25) is 0 Å². The molecule has 3 nitrogen and oxygen atoms in total. The standard InChI is InChI=1S/C14H20FN3S/c1-10-8-18(6-5-17(10)2)9-12-7-11(14(16)19)3-4-13(12)15/h3-4,7,10H,5-6,8-9H2,1-2H3,(H2,16,19). The minimum Gasteiger partial charge on any atom is -0.389 e. The Hall–Kier alpha value is -1.04. The van der Waals surface area contributed by atoms with Crippen molar-refractivity contribution in [2.24, 2.45) is 5.73 Å². The third-order valence-corrected chi connectivity index (χ3v) is 4.00. The van der Waals surface area contributed by atoms with Crippen molar-refractivity contribution in [2.75, 3.05) is 26.7 Å². The summed E-state index contributed by atoms with van der Waals surface area (Å²) in [7, 11) is 2.12. The molecule has 1 saturated heterocycles. The number of nitrogens with two attached hydrogens (primary N) is 1. The number of rotatable bonds is 3. The summed E-state index contributed by atoms with van der Waals surface area (Å²) in [4.78, 5) is 4.90. The Bertz CT molecular complexity index is 478. The van der Waals surface area contributed by atoms with Gasteiger partial charge in [-0.15, -0.1) is 0 Å². The number of hydrogen-bond donors (Lipinski definition) is 1. The van der Waals surface area contributed by atoms with E-state index in [9.17, 15) is 4.39 Å². The molecule has 1 aromatic carbocycles. The van der Waals surface area contributed by atoms with Gasteiger partial charge < -0.3 is 10.6 Å². The van der Waals surface area contributed by atoms with E-state index in [1.54, 1.807) is 12.1 Å². The molecule has 1 heterocycles. The number of halogens is 1. The lowest BCUT2D eigenvalue weighted by Gasteiger charge is -2.37. The summed E-state index contributed by atoms with van der Waals surface area (Å²) in [5.41, 5.74) is 6.99. The first-order chi connectivity index (χ1) is 8.97. The van der Waals surface area contributed by atoms with Crippen LogP contribution in [0.5, 0.6) is 0 Å². The fraction of sp³-hybridized carbons (Fsp3) is 0.500. The first-order valence-electron chi connectivity index (χ1n) is 6.48. The highest BCUT2D eigenvalue weighted by atomic mass is 32.1. The molecule has 0 spiro atoms. The van der Waals surface area contributed by atoms with E-state index in [-0.39, 0.29) is 5.82 Å². The van der Waals surface area contributed by atoms with Crippen molar-refractivity contribution in [3.05, 3.63) is 35.1 Å². The molecule has 0 aliphatic carbocycles. The number of benzene rings is 1. The van der Waals surface area contributed by atoms with E-state index in [0.29, 0.717) is 23.1 Å². The SMILES string of the molecule is CC1CN(Cc2cc(C(N)=S)ccc2F)CCN1C. The van der Waals surface area contributed by atoms with Gasteiger partial charge in [-0.1, -0.05) is 12.2 Å². The van der Waals surface area contributed by atoms with E-state index >= 15 is 0 Å². The predicted molar refractivity (Wildman–Crippen MR) is 79.7 cm³/mol. The average Bonchev–Trinajstić information content (AvgIpc) is 2.36. The maximum atomic E-state index is 13.8. The van der Waals surface area contributed by atoms with Crippen molar-refractivity contribution in [3.63, 3.8) is 0 Å². The molecule has 1 fully saturated rings. The van der Waals surface area contributed by atoms with Crippen molar-refractivity contribution in [1.82, 2.24) is 9.80 Å². The third-order valence-electron chi connectivity index (χ3n) is 3.77. The van der Waals surface area contributed by atoms with Crippen molar-refractivity contribution in [2.45, 2.75) is 19.5 Å². The molecule has 1 aliphatic heterocycles. The summed E-state index contributed by atoms with van der Waals surface area (Å²) >= 11 is 4.94. The fourth-order valence-corrected chi connectivity index (χ4v) is 2.48. The Morgan fingerprint density at radius 3 is 2.84 bits per heavy atom. The molecule has 0 amide bonds. The Kier molecular flexibility index (Phi) is 4.50. The first kappa shape index (κ1) is 14.4. The summed E-state index contributed by atoms with van der Waals surface area (Å²) in [5, 5.41) is 0. The number of nitrogens with zero attached hydrogens (tertiary/aromatic N) is 2. The molecular weight excluding hydrogens is 261 g/mol. The number of thiocarbonyl (C=S) groups is 1. The fourth-order valence-electron chi connectivity index (χ4n) is 2.36. The van der Waals surface area contributed by atoms with Crippen molar-refractivity contribution >= 4 is 17.2 Å². The monoisotopic (exact) mass is 281 g/mol. The average molecular weight is 281 g/mol. The second-order valence-electron chi connectivity index (χ2n) is 5.24. The minimum absolute atomic E-state index is 0.188. The lowest BCUT2D eigenvalue weighted by Crippen LogP contribution is -2.49. The van der Waals surface area contributed by atoms with E-state index in [4.69, 9.17) is 18.0 Å². The molecule has 1 aromatic rings. The van der Waals surface area contributed by atoms with Crippen molar-refractivity contribution < 1.29 is 4.39 Å². The third kappa shape index (κ3) is 3.49. The number of likely N-dealkylation sites (N-methyl/N-ethyl adjacent to an activating group) is 1. The molecule has 104 valence electrons. The number of piperazine rings is 1. The zero-order valence-electron chi connectivity index (χ0n) is 11.4. The van der Waals surface area contributed by atoms with Crippen LogP contribution in [0.4, 0.5) is 4.39 Å². The maximum Gasteiger partial charge on any atom is 0.127 e. The van der Waals surface area contributed by atoms with Gasteiger partial charge in [-0.2, -0.15) is 0 Å². The van der Waals surface area contributed by atoms with Gasteiger partial charge in [0.15, 0.2) is 0 Å². The lowest BCUT2D eigenvalue weighted by molar-refractivity contribution is 0.0991. The molecule has 2 N–H and O–H groups in total. The van der Waals surface area contributed by atoms with Crippen molar-refractivity contribution in [1.29, 1.82) is 0 Å². The zero-order valence-corrected chi connectivity index (χ0v) is 12.2. The molecule has 0 bridgehead atoms. The van der Waals surface area contributed by atoms with Gasteiger partial charge in [0.25, 0.3) is 0 Å². The van der Waals surface area contributed by atoms with Gasteiger partial charge in [-0.25, -0.2) is 4.39 Å². The van der Waals surface area contributed by atoms with Crippen LogP contribution in [0.15, 0.2) is 18.2 Å². The largest absolute Gasteiger partial charge is 0.389 e. The van der Waals surface area contributed by atoms with Crippen LogP contribution in [-0.4, -0.2) is 47.5 Å². The van der Waals surface area contributed by atoms with Gasteiger partial charge in [0.05, 0.1) is 0 Å². The van der Waals surface area contributed by atoms with Crippen LogP contribution in [-0.2, 0) is 6.54 Å². The molecule has 1 atom stereocenters. The van der Waals surface area contributed by atoms with Crippen molar-refractivity contribution in [3.8, 4) is 0 Å². The van der Waals surface area contributed by atoms with Gasteiger partial charge in [-0.05, 0) is 32.2 Å². The van der Waals surface area contributed by atoms with E-state index in [1.807, 2.05) is 0 Å². The summed E-state index contributed by atoms with van der Waals surface area (Å²) < 4.78 is 13.8. The quantitative estimate of drug-likeness (QED) is 0.853. The molecule has 19 heavy (non-hydrogen) atoms. The smallest absolute Gasteiger partial charge is 0.127 e. The first-order valence-corrected chi connectivity index (χ1v) is 6.89. The van der Waals surface area contributed by atoms with Crippen LogP contribution in [0.25, 0.3) is 0 Å². The maximum absolute atomic E-state index is 13.8. The lowest BCUT2D eigenvalue weighted by atomic mass is 10.1. The summed E-state index contributed by atoms with van der Waals surface area (Å²) in [6.45, 7) is 5.72. The van der Waals surface area contributed by atoms with Gasteiger partial charge in [0.2, 0.25) is 0 Å². The van der Waals surface area contributed by atoms with Gasteiger partial charge in [0, 0.05) is 43.3 Å². The Balaban J connectivity index is 2.10.